The number of H-pyrrole nitrogens is 1. The number of aromatic nitrogens is 1. The molecule has 3 aromatic rings. The number of hydrogen-bond acceptors (Lipinski definition) is 1. The predicted octanol–water partition coefficient (Wildman–Crippen LogP) is 5.68. The first-order valence-electron chi connectivity index (χ1n) is 7.88. The fraction of sp³-hybridized carbons (Fsp3) is 0.263. The van der Waals surface area contributed by atoms with Gasteiger partial charge < -0.3 is 10.7 Å². The summed E-state index contributed by atoms with van der Waals surface area (Å²) in [5, 5.41) is 1.99. The number of aromatic amines is 1. The highest BCUT2D eigenvalue weighted by atomic mass is 127. The lowest BCUT2D eigenvalue weighted by Gasteiger charge is -2.07. The Bertz CT molecular complexity index is 839. The number of rotatable bonds is 5. The molecule has 1 heterocycles. The molecule has 0 unspecified atom stereocenters. The van der Waals surface area contributed by atoms with E-state index in [9.17, 15) is 0 Å². The topological polar surface area (TPSA) is 41.8 Å². The van der Waals surface area contributed by atoms with Crippen molar-refractivity contribution in [3.63, 3.8) is 0 Å². The molecule has 0 atom stereocenters. The van der Waals surface area contributed by atoms with Gasteiger partial charge in [0, 0.05) is 14.5 Å². The minimum atomic E-state index is 0.729. The maximum Gasteiger partial charge on any atom is 0.0508 e. The van der Waals surface area contributed by atoms with Gasteiger partial charge in [0.05, 0.1) is 16.2 Å². The van der Waals surface area contributed by atoms with Crippen molar-refractivity contribution in [2.45, 2.75) is 26.2 Å². The van der Waals surface area contributed by atoms with Crippen LogP contribution in [-0.2, 0) is 6.42 Å². The fourth-order valence-corrected chi connectivity index (χ4v) is 3.98. The van der Waals surface area contributed by atoms with Crippen molar-refractivity contribution in [1.29, 1.82) is 0 Å². The van der Waals surface area contributed by atoms with Crippen LogP contribution >= 0.6 is 34.2 Å². The molecule has 0 spiro atoms. The van der Waals surface area contributed by atoms with Crippen LogP contribution in [0.25, 0.3) is 22.2 Å². The molecule has 0 fully saturated rings. The first-order valence-corrected chi connectivity index (χ1v) is 9.33. The Morgan fingerprint density at radius 3 is 2.65 bits per heavy atom. The molecule has 2 aromatic carbocycles. The van der Waals surface area contributed by atoms with Crippen LogP contribution in [-0.4, -0.2) is 11.5 Å². The molecule has 2 nitrogen and oxygen atoms in total. The van der Waals surface area contributed by atoms with Gasteiger partial charge >= 0.3 is 0 Å². The predicted molar refractivity (Wildman–Crippen MR) is 108 cm³/mol. The van der Waals surface area contributed by atoms with Crippen LogP contribution in [0.1, 0.15) is 24.0 Å². The molecule has 3 rings (SSSR count). The molecular formula is C19H20ClIN2. The second-order valence-electron chi connectivity index (χ2n) is 5.82. The van der Waals surface area contributed by atoms with Gasteiger partial charge in [0.25, 0.3) is 0 Å². The van der Waals surface area contributed by atoms with E-state index in [0.717, 1.165) is 36.3 Å². The first kappa shape index (κ1) is 16.8. The molecule has 1 aromatic heterocycles. The number of fused-ring (bicyclic) bond motifs is 1. The molecule has 4 heteroatoms. The summed E-state index contributed by atoms with van der Waals surface area (Å²) in [6.07, 6.45) is 3.09. The third-order valence-electron chi connectivity index (χ3n) is 4.24. The summed E-state index contributed by atoms with van der Waals surface area (Å²) < 4.78 is 1.24. The third kappa shape index (κ3) is 3.28. The summed E-state index contributed by atoms with van der Waals surface area (Å²) in [7, 11) is 0. The molecule has 0 radical (unpaired) electrons. The Balaban J connectivity index is 2.24. The Morgan fingerprint density at radius 1 is 1.13 bits per heavy atom. The summed E-state index contributed by atoms with van der Waals surface area (Å²) in [4.78, 5) is 3.64. The minimum absolute atomic E-state index is 0.729. The first-order chi connectivity index (χ1) is 11.1. The van der Waals surface area contributed by atoms with Crippen LogP contribution in [0, 0.1) is 10.5 Å². The smallest absolute Gasteiger partial charge is 0.0508 e. The zero-order chi connectivity index (χ0) is 16.4. The standard InChI is InChI=1S/C19H20ClIN2/c1-12-9-10-15(20)17-14(7-4-5-11-22)19(23-18(12)17)13-6-2-3-8-16(13)21/h2-3,6,8-10,23H,4-5,7,11,22H2,1H3. The van der Waals surface area contributed by atoms with Crippen LogP contribution in [0.3, 0.4) is 0 Å². The maximum atomic E-state index is 6.54. The van der Waals surface area contributed by atoms with Crippen molar-refractivity contribution in [2.24, 2.45) is 5.73 Å². The van der Waals surface area contributed by atoms with E-state index in [2.05, 4.69) is 64.8 Å². The number of halogens is 2. The Hall–Kier alpha value is -1.04. The van der Waals surface area contributed by atoms with Crippen LogP contribution < -0.4 is 5.73 Å². The SMILES string of the molecule is Cc1ccc(Cl)c2c(CCCCN)c(-c3ccccc3I)[nH]c12. The Labute approximate surface area is 155 Å². The van der Waals surface area contributed by atoms with Crippen molar-refractivity contribution in [1.82, 2.24) is 4.98 Å². The molecule has 0 bridgehead atoms. The summed E-state index contributed by atoms with van der Waals surface area (Å²) in [6.45, 7) is 2.85. The molecule has 0 saturated carbocycles. The second kappa shape index (κ2) is 7.24. The van der Waals surface area contributed by atoms with Gasteiger partial charge in [0.15, 0.2) is 0 Å². The van der Waals surface area contributed by atoms with Gasteiger partial charge in [0.2, 0.25) is 0 Å². The monoisotopic (exact) mass is 438 g/mol. The average Bonchev–Trinajstić information content (AvgIpc) is 2.92. The Morgan fingerprint density at radius 2 is 1.91 bits per heavy atom. The van der Waals surface area contributed by atoms with Crippen molar-refractivity contribution in [3.8, 4) is 11.3 Å². The summed E-state index contributed by atoms with van der Waals surface area (Å²) in [5.41, 5.74) is 11.8. The molecule has 3 N–H and O–H groups in total. The quantitative estimate of drug-likeness (QED) is 0.390. The van der Waals surface area contributed by atoms with E-state index in [1.807, 2.05) is 6.07 Å². The van der Waals surface area contributed by atoms with Gasteiger partial charge in [-0.15, -0.1) is 0 Å². The van der Waals surface area contributed by atoms with Crippen molar-refractivity contribution in [2.75, 3.05) is 6.54 Å². The van der Waals surface area contributed by atoms with E-state index < -0.39 is 0 Å². The molecule has 0 saturated heterocycles. The Kier molecular flexibility index (Phi) is 5.29. The number of aryl methyl sites for hydroxylation is 2. The van der Waals surface area contributed by atoms with E-state index >= 15 is 0 Å². The zero-order valence-electron chi connectivity index (χ0n) is 13.1. The molecular weight excluding hydrogens is 419 g/mol. The molecule has 0 aliphatic carbocycles. The zero-order valence-corrected chi connectivity index (χ0v) is 16.0. The van der Waals surface area contributed by atoms with Gasteiger partial charge in [-0.1, -0.05) is 35.9 Å². The molecule has 0 amide bonds. The van der Waals surface area contributed by atoms with Crippen molar-refractivity contribution >= 4 is 45.1 Å². The number of nitrogens with two attached hydrogens (primary N) is 1. The lowest BCUT2D eigenvalue weighted by Crippen LogP contribution is -1.99. The van der Waals surface area contributed by atoms with Crippen LogP contribution in [0.15, 0.2) is 36.4 Å². The highest BCUT2D eigenvalue weighted by molar-refractivity contribution is 14.1. The van der Waals surface area contributed by atoms with Gasteiger partial charge in [-0.05, 0) is 78.6 Å². The van der Waals surface area contributed by atoms with E-state index in [0.29, 0.717) is 0 Å². The van der Waals surface area contributed by atoms with Crippen LogP contribution in [0.5, 0.6) is 0 Å². The van der Waals surface area contributed by atoms with Gasteiger partial charge in [-0.3, -0.25) is 0 Å². The maximum absolute atomic E-state index is 6.54. The van der Waals surface area contributed by atoms with Crippen LogP contribution in [0.2, 0.25) is 5.02 Å². The summed E-state index contributed by atoms with van der Waals surface area (Å²) in [6, 6.07) is 12.5. The molecule has 0 aliphatic rings. The number of benzene rings is 2. The number of unbranched alkanes of at least 4 members (excludes halogenated alkanes) is 1. The van der Waals surface area contributed by atoms with Gasteiger partial charge in [0.1, 0.15) is 0 Å². The van der Waals surface area contributed by atoms with Gasteiger partial charge in [-0.2, -0.15) is 0 Å². The number of nitrogens with one attached hydrogen (secondary N) is 1. The van der Waals surface area contributed by atoms with E-state index in [4.69, 9.17) is 17.3 Å². The average molecular weight is 439 g/mol. The van der Waals surface area contributed by atoms with E-state index in [1.165, 1.54) is 31.3 Å². The normalized spacial score (nSPS) is 11.3. The molecule has 0 aliphatic heterocycles. The molecule has 23 heavy (non-hydrogen) atoms. The van der Waals surface area contributed by atoms with E-state index in [1.54, 1.807) is 0 Å². The van der Waals surface area contributed by atoms with Crippen LogP contribution in [0.4, 0.5) is 0 Å². The highest BCUT2D eigenvalue weighted by Crippen LogP contribution is 2.38. The fourth-order valence-electron chi connectivity index (χ4n) is 3.05. The summed E-state index contributed by atoms with van der Waals surface area (Å²) in [5.74, 6) is 0. The van der Waals surface area contributed by atoms with Crippen molar-refractivity contribution < 1.29 is 0 Å². The highest BCUT2D eigenvalue weighted by Gasteiger charge is 2.17. The minimum Gasteiger partial charge on any atom is -0.354 e. The third-order valence-corrected chi connectivity index (χ3v) is 5.50. The van der Waals surface area contributed by atoms with Crippen molar-refractivity contribution in [3.05, 3.63) is 56.1 Å². The lowest BCUT2D eigenvalue weighted by molar-refractivity contribution is 0.748. The number of hydrogen-bond donors (Lipinski definition) is 2. The molecule has 120 valence electrons. The van der Waals surface area contributed by atoms with E-state index in [-0.39, 0.29) is 0 Å². The summed E-state index contributed by atoms with van der Waals surface area (Å²) >= 11 is 8.94. The lowest BCUT2D eigenvalue weighted by atomic mass is 9.99. The second-order valence-corrected chi connectivity index (χ2v) is 7.39. The van der Waals surface area contributed by atoms with Gasteiger partial charge in [-0.25, -0.2) is 0 Å². The largest absolute Gasteiger partial charge is 0.354 e.